The molecule has 56 valence electrons. The molecule has 2 atom stereocenters. The van der Waals surface area contributed by atoms with Crippen molar-refractivity contribution in [1.82, 2.24) is 0 Å². The van der Waals surface area contributed by atoms with Crippen LogP contribution in [0.5, 0.6) is 0 Å². The Bertz CT molecular complexity index is 168. The van der Waals surface area contributed by atoms with Gasteiger partial charge in [-0.1, -0.05) is 31.2 Å². The van der Waals surface area contributed by atoms with Gasteiger partial charge in [-0.3, -0.25) is 0 Å². The van der Waals surface area contributed by atoms with Gasteiger partial charge in [0.1, 0.15) is 0 Å². The number of rotatable bonds is 1. The topological polar surface area (TPSA) is 20.2 Å². The average molecular weight is 138 g/mol. The van der Waals surface area contributed by atoms with Crippen molar-refractivity contribution >= 4 is 0 Å². The zero-order valence-electron chi connectivity index (χ0n) is 6.54. The maximum atomic E-state index is 9.35. The molecule has 1 rings (SSSR count). The van der Waals surface area contributed by atoms with Crippen LogP contribution in [0.1, 0.15) is 20.3 Å². The van der Waals surface area contributed by atoms with Gasteiger partial charge in [0.2, 0.25) is 0 Å². The van der Waals surface area contributed by atoms with Crippen LogP contribution in [0.4, 0.5) is 0 Å². The molecular weight excluding hydrogens is 124 g/mol. The summed E-state index contributed by atoms with van der Waals surface area (Å²) >= 11 is 0. The molecule has 0 amide bonds. The molecule has 1 aliphatic carbocycles. The molecule has 2 unspecified atom stereocenters. The molecule has 0 saturated carbocycles. The van der Waals surface area contributed by atoms with E-state index in [1.807, 2.05) is 19.1 Å². The fourth-order valence-electron chi connectivity index (χ4n) is 1.05. The lowest BCUT2D eigenvalue weighted by atomic mass is 9.79. The van der Waals surface area contributed by atoms with E-state index in [4.69, 9.17) is 0 Å². The van der Waals surface area contributed by atoms with E-state index in [0.29, 0.717) is 0 Å². The summed E-state index contributed by atoms with van der Waals surface area (Å²) in [5.74, 6) is 0. The quantitative estimate of drug-likeness (QED) is 0.586. The fourth-order valence-corrected chi connectivity index (χ4v) is 1.05. The van der Waals surface area contributed by atoms with E-state index in [0.717, 1.165) is 6.42 Å². The molecule has 1 nitrogen and oxygen atoms in total. The van der Waals surface area contributed by atoms with Crippen molar-refractivity contribution in [3.05, 3.63) is 24.3 Å². The zero-order chi connectivity index (χ0) is 7.61. The van der Waals surface area contributed by atoms with Crippen molar-refractivity contribution in [3.8, 4) is 0 Å². The summed E-state index contributed by atoms with van der Waals surface area (Å²) in [7, 11) is 0. The zero-order valence-corrected chi connectivity index (χ0v) is 6.54. The summed E-state index contributed by atoms with van der Waals surface area (Å²) in [6.07, 6.45) is 8.86. The monoisotopic (exact) mass is 138 g/mol. The van der Waals surface area contributed by atoms with Gasteiger partial charge in [-0.05, 0) is 13.3 Å². The Morgan fingerprint density at radius 3 is 2.50 bits per heavy atom. The first-order valence-corrected chi connectivity index (χ1v) is 3.67. The third kappa shape index (κ3) is 1.29. The number of aliphatic hydroxyl groups is 1. The van der Waals surface area contributed by atoms with Gasteiger partial charge in [-0.15, -0.1) is 0 Å². The predicted octanol–water partition coefficient (Wildman–Crippen LogP) is 1.89. The fraction of sp³-hybridized carbons (Fsp3) is 0.556. The molecular formula is C9H14O. The van der Waals surface area contributed by atoms with E-state index >= 15 is 0 Å². The summed E-state index contributed by atoms with van der Waals surface area (Å²) in [4.78, 5) is 0. The second-order valence-corrected chi connectivity index (χ2v) is 3.17. The van der Waals surface area contributed by atoms with Crippen molar-refractivity contribution < 1.29 is 5.11 Å². The molecule has 0 spiro atoms. The van der Waals surface area contributed by atoms with E-state index in [9.17, 15) is 5.11 Å². The Morgan fingerprint density at radius 2 is 2.20 bits per heavy atom. The number of aliphatic hydroxyl groups excluding tert-OH is 1. The number of hydrogen-bond donors (Lipinski definition) is 1. The Kier molecular flexibility index (Phi) is 1.95. The van der Waals surface area contributed by atoms with Crippen LogP contribution in [-0.4, -0.2) is 11.2 Å². The molecule has 1 aliphatic rings. The molecule has 0 heterocycles. The molecule has 0 aromatic rings. The summed E-state index contributed by atoms with van der Waals surface area (Å²) in [6, 6.07) is 0. The minimum Gasteiger partial charge on any atom is -0.393 e. The standard InChI is InChI=1S/C9H14O/c1-8(10)9(2)6-4-3-5-7-9/h3-6,8,10H,7H2,1-2H3. The minimum atomic E-state index is -0.256. The van der Waals surface area contributed by atoms with Gasteiger partial charge >= 0.3 is 0 Å². The lowest BCUT2D eigenvalue weighted by molar-refractivity contribution is 0.0883. The first-order valence-electron chi connectivity index (χ1n) is 3.67. The van der Waals surface area contributed by atoms with E-state index in [1.54, 1.807) is 0 Å². The highest BCUT2D eigenvalue weighted by Gasteiger charge is 2.26. The van der Waals surface area contributed by atoms with Gasteiger partial charge in [0.05, 0.1) is 6.10 Å². The molecule has 0 aliphatic heterocycles. The highest BCUT2D eigenvalue weighted by Crippen LogP contribution is 2.30. The predicted molar refractivity (Wildman–Crippen MR) is 42.7 cm³/mol. The van der Waals surface area contributed by atoms with E-state index in [1.165, 1.54) is 0 Å². The van der Waals surface area contributed by atoms with Crippen LogP contribution in [0.2, 0.25) is 0 Å². The maximum Gasteiger partial charge on any atom is 0.0603 e. The molecule has 0 fully saturated rings. The Balaban J connectivity index is 2.70. The second-order valence-electron chi connectivity index (χ2n) is 3.17. The first kappa shape index (κ1) is 7.55. The molecule has 0 aromatic carbocycles. The van der Waals surface area contributed by atoms with Crippen LogP contribution in [-0.2, 0) is 0 Å². The molecule has 1 heteroatoms. The van der Waals surface area contributed by atoms with Crippen LogP contribution in [0.3, 0.4) is 0 Å². The van der Waals surface area contributed by atoms with Crippen molar-refractivity contribution in [1.29, 1.82) is 0 Å². The maximum absolute atomic E-state index is 9.35. The molecule has 0 aromatic heterocycles. The van der Waals surface area contributed by atoms with Crippen LogP contribution in [0.15, 0.2) is 24.3 Å². The second kappa shape index (κ2) is 2.59. The lowest BCUT2D eigenvalue weighted by Gasteiger charge is -2.29. The third-order valence-electron chi connectivity index (χ3n) is 2.24. The van der Waals surface area contributed by atoms with Gasteiger partial charge in [-0.25, -0.2) is 0 Å². The van der Waals surface area contributed by atoms with Crippen LogP contribution < -0.4 is 0 Å². The summed E-state index contributed by atoms with van der Waals surface area (Å²) in [5, 5.41) is 9.35. The van der Waals surface area contributed by atoms with Crippen LogP contribution >= 0.6 is 0 Å². The van der Waals surface area contributed by atoms with Crippen LogP contribution in [0.25, 0.3) is 0 Å². The van der Waals surface area contributed by atoms with E-state index in [-0.39, 0.29) is 11.5 Å². The van der Waals surface area contributed by atoms with Gasteiger partial charge in [0.25, 0.3) is 0 Å². The summed E-state index contributed by atoms with van der Waals surface area (Å²) < 4.78 is 0. The average Bonchev–Trinajstić information content (AvgIpc) is 1.89. The van der Waals surface area contributed by atoms with Crippen molar-refractivity contribution in [2.24, 2.45) is 5.41 Å². The van der Waals surface area contributed by atoms with Crippen molar-refractivity contribution in [2.75, 3.05) is 0 Å². The smallest absolute Gasteiger partial charge is 0.0603 e. The molecule has 0 saturated heterocycles. The Morgan fingerprint density at radius 1 is 1.50 bits per heavy atom. The van der Waals surface area contributed by atoms with Gasteiger partial charge in [0, 0.05) is 5.41 Å². The van der Waals surface area contributed by atoms with Gasteiger partial charge in [-0.2, -0.15) is 0 Å². The van der Waals surface area contributed by atoms with Crippen LogP contribution in [0, 0.1) is 5.41 Å². The van der Waals surface area contributed by atoms with E-state index in [2.05, 4.69) is 19.1 Å². The van der Waals surface area contributed by atoms with E-state index < -0.39 is 0 Å². The summed E-state index contributed by atoms with van der Waals surface area (Å²) in [5.41, 5.74) is -0.0330. The molecule has 1 N–H and O–H groups in total. The first-order chi connectivity index (χ1) is 4.65. The SMILES string of the molecule is CC(O)C1(C)C=CC=CC1. The Labute approximate surface area is 62.1 Å². The number of allylic oxidation sites excluding steroid dienone is 3. The lowest BCUT2D eigenvalue weighted by Crippen LogP contribution is -2.27. The Hall–Kier alpha value is -0.560. The normalized spacial score (nSPS) is 34.3. The largest absolute Gasteiger partial charge is 0.393 e. The van der Waals surface area contributed by atoms with Crippen molar-refractivity contribution in [2.45, 2.75) is 26.4 Å². The summed E-state index contributed by atoms with van der Waals surface area (Å²) in [6.45, 7) is 3.90. The number of hydrogen-bond acceptors (Lipinski definition) is 1. The molecule has 10 heavy (non-hydrogen) atoms. The molecule has 0 radical (unpaired) electrons. The van der Waals surface area contributed by atoms with Gasteiger partial charge < -0.3 is 5.11 Å². The minimum absolute atomic E-state index is 0.0330. The van der Waals surface area contributed by atoms with Crippen molar-refractivity contribution in [3.63, 3.8) is 0 Å². The highest BCUT2D eigenvalue weighted by atomic mass is 16.3. The third-order valence-corrected chi connectivity index (χ3v) is 2.24. The highest BCUT2D eigenvalue weighted by molar-refractivity contribution is 5.16. The van der Waals surface area contributed by atoms with Gasteiger partial charge in [0.15, 0.2) is 0 Å². The molecule has 0 bridgehead atoms.